The number of hydrogen-bond donors (Lipinski definition) is 1. The molecule has 1 aliphatic heterocycles. The summed E-state index contributed by atoms with van der Waals surface area (Å²) in [6.07, 6.45) is 11.2. The molecule has 0 fully saturated rings. The summed E-state index contributed by atoms with van der Waals surface area (Å²) in [5.41, 5.74) is 5.61. The average Bonchev–Trinajstić information content (AvgIpc) is 2.93. The highest BCUT2D eigenvalue weighted by Crippen LogP contribution is 2.40. The van der Waals surface area contributed by atoms with Crippen molar-refractivity contribution < 1.29 is 0 Å². The van der Waals surface area contributed by atoms with Crippen molar-refractivity contribution in [3.05, 3.63) is 41.6 Å². The van der Waals surface area contributed by atoms with Gasteiger partial charge in [-0.15, -0.1) is 6.42 Å². The Morgan fingerprint density at radius 3 is 3.13 bits per heavy atom. The molecule has 4 rings (SSSR count). The third-order valence-corrected chi connectivity index (χ3v) is 5.25. The van der Waals surface area contributed by atoms with Crippen molar-refractivity contribution in [1.29, 1.82) is 0 Å². The Balaban J connectivity index is 1.74. The van der Waals surface area contributed by atoms with E-state index in [1.54, 1.807) is 0 Å². The summed E-state index contributed by atoms with van der Waals surface area (Å²) in [7, 11) is 4.36. The van der Waals surface area contributed by atoms with Crippen LogP contribution in [-0.2, 0) is 6.42 Å². The van der Waals surface area contributed by atoms with E-state index in [0.29, 0.717) is 18.5 Å². The number of hydrogen-bond acceptors (Lipinski definition) is 2. The smallest absolute Gasteiger partial charge is 0.0596 e. The van der Waals surface area contributed by atoms with Crippen molar-refractivity contribution in [3.63, 3.8) is 0 Å². The fraction of sp³-hybridized carbons (Fsp3) is 0.400. The van der Waals surface area contributed by atoms with Gasteiger partial charge in [-0.3, -0.25) is 9.80 Å². The lowest BCUT2D eigenvalue weighted by molar-refractivity contribution is 0.215. The molecule has 1 aromatic heterocycles. The standard InChI is InChI=1S/C20H23N3/c1-4-8-22(2)12-14-9-17-16-6-5-7-18-20(16)15(11-21-18)10-19(17)23(3)13-14/h1,5-7,9,11,14,19,21H,8,10,12-13H2,2-3H3. The summed E-state index contributed by atoms with van der Waals surface area (Å²) in [4.78, 5) is 8.18. The summed E-state index contributed by atoms with van der Waals surface area (Å²) in [5.74, 6) is 3.27. The van der Waals surface area contributed by atoms with Gasteiger partial charge in [0.15, 0.2) is 0 Å². The molecule has 0 bridgehead atoms. The van der Waals surface area contributed by atoms with Crippen LogP contribution in [0.1, 0.15) is 11.1 Å². The number of aromatic nitrogens is 1. The number of terminal acetylenes is 1. The number of aromatic amines is 1. The van der Waals surface area contributed by atoms with Crippen molar-refractivity contribution in [3.8, 4) is 12.3 Å². The molecule has 2 aromatic rings. The van der Waals surface area contributed by atoms with Crippen LogP contribution in [-0.4, -0.2) is 54.6 Å². The lowest BCUT2D eigenvalue weighted by atomic mass is 9.80. The Labute approximate surface area is 138 Å². The minimum atomic E-state index is 0.498. The lowest BCUT2D eigenvalue weighted by Gasteiger charge is -2.40. The zero-order chi connectivity index (χ0) is 16.0. The van der Waals surface area contributed by atoms with Crippen LogP contribution in [0.25, 0.3) is 16.5 Å². The SMILES string of the molecule is C#CCN(C)CC1C=C2c3cccc4[nH]cc(c34)CC2N(C)C1. The summed E-state index contributed by atoms with van der Waals surface area (Å²) < 4.78 is 0. The lowest BCUT2D eigenvalue weighted by Crippen LogP contribution is -2.44. The van der Waals surface area contributed by atoms with E-state index in [9.17, 15) is 0 Å². The van der Waals surface area contributed by atoms with Crippen LogP contribution >= 0.6 is 0 Å². The van der Waals surface area contributed by atoms with Gasteiger partial charge in [-0.05, 0) is 43.3 Å². The predicted octanol–water partition coefficient (Wildman–Crippen LogP) is 2.60. The molecule has 2 atom stereocenters. The van der Waals surface area contributed by atoms with E-state index >= 15 is 0 Å². The van der Waals surface area contributed by atoms with Gasteiger partial charge >= 0.3 is 0 Å². The molecule has 3 nitrogen and oxygen atoms in total. The number of H-pyrrole nitrogens is 1. The summed E-state index contributed by atoms with van der Waals surface area (Å²) >= 11 is 0. The molecular formula is C20H23N3. The fourth-order valence-electron chi connectivity index (χ4n) is 4.28. The molecule has 2 heterocycles. The van der Waals surface area contributed by atoms with E-state index in [0.717, 1.165) is 19.5 Å². The Hall–Kier alpha value is -2.02. The molecule has 0 saturated carbocycles. The normalized spacial score (nSPS) is 23.7. The molecule has 0 radical (unpaired) electrons. The van der Waals surface area contributed by atoms with Gasteiger partial charge in [-0.1, -0.05) is 24.1 Å². The van der Waals surface area contributed by atoms with Crippen molar-refractivity contribution in [2.24, 2.45) is 5.92 Å². The highest BCUT2D eigenvalue weighted by atomic mass is 15.2. The molecule has 2 unspecified atom stereocenters. The third-order valence-electron chi connectivity index (χ3n) is 5.25. The molecule has 0 amide bonds. The average molecular weight is 305 g/mol. The third kappa shape index (κ3) is 2.39. The topological polar surface area (TPSA) is 22.3 Å². The molecule has 1 aromatic carbocycles. The molecule has 0 saturated heterocycles. The number of rotatable bonds is 3. The molecule has 1 N–H and O–H groups in total. The van der Waals surface area contributed by atoms with Crippen LogP contribution < -0.4 is 0 Å². The van der Waals surface area contributed by atoms with Crippen LogP contribution in [0, 0.1) is 18.3 Å². The molecule has 0 spiro atoms. The van der Waals surface area contributed by atoms with Crippen LogP contribution in [0.4, 0.5) is 0 Å². The van der Waals surface area contributed by atoms with E-state index in [1.165, 1.54) is 27.6 Å². The maximum atomic E-state index is 5.44. The van der Waals surface area contributed by atoms with Gasteiger partial charge in [0.1, 0.15) is 0 Å². The zero-order valence-electron chi connectivity index (χ0n) is 13.8. The highest BCUT2D eigenvalue weighted by Gasteiger charge is 2.33. The van der Waals surface area contributed by atoms with Gasteiger partial charge < -0.3 is 4.98 Å². The molecular weight excluding hydrogens is 282 g/mol. The minimum Gasteiger partial charge on any atom is -0.361 e. The van der Waals surface area contributed by atoms with Crippen molar-refractivity contribution in [1.82, 2.24) is 14.8 Å². The molecule has 23 heavy (non-hydrogen) atoms. The maximum absolute atomic E-state index is 5.44. The number of benzene rings is 1. The monoisotopic (exact) mass is 305 g/mol. The van der Waals surface area contributed by atoms with Crippen LogP contribution in [0.5, 0.6) is 0 Å². The van der Waals surface area contributed by atoms with Gasteiger partial charge in [0.05, 0.1) is 6.54 Å². The predicted molar refractivity (Wildman–Crippen MR) is 96.2 cm³/mol. The minimum absolute atomic E-state index is 0.498. The number of nitrogens with one attached hydrogen (secondary N) is 1. The van der Waals surface area contributed by atoms with Gasteiger partial charge in [0, 0.05) is 42.1 Å². The van der Waals surface area contributed by atoms with Gasteiger partial charge in [-0.2, -0.15) is 0 Å². The first-order valence-corrected chi connectivity index (χ1v) is 8.30. The van der Waals surface area contributed by atoms with E-state index in [-0.39, 0.29) is 0 Å². The Morgan fingerprint density at radius 2 is 2.30 bits per heavy atom. The van der Waals surface area contributed by atoms with E-state index in [4.69, 9.17) is 6.42 Å². The molecule has 118 valence electrons. The first-order chi connectivity index (χ1) is 11.2. The quantitative estimate of drug-likeness (QED) is 0.881. The van der Waals surface area contributed by atoms with Crippen LogP contribution in [0.2, 0.25) is 0 Å². The molecule has 3 heteroatoms. The summed E-state index contributed by atoms with van der Waals surface area (Å²) in [6.45, 7) is 2.82. The summed E-state index contributed by atoms with van der Waals surface area (Å²) in [6, 6.07) is 7.11. The second kappa shape index (κ2) is 5.56. The first kappa shape index (κ1) is 14.6. The van der Waals surface area contributed by atoms with Crippen LogP contribution in [0.15, 0.2) is 30.5 Å². The maximum Gasteiger partial charge on any atom is 0.0596 e. The van der Waals surface area contributed by atoms with Crippen LogP contribution in [0.3, 0.4) is 0 Å². The molecule has 1 aliphatic carbocycles. The fourth-order valence-corrected chi connectivity index (χ4v) is 4.28. The van der Waals surface area contributed by atoms with Gasteiger partial charge in [0.25, 0.3) is 0 Å². The van der Waals surface area contributed by atoms with Gasteiger partial charge in [0.2, 0.25) is 0 Å². The summed E-state index contributed by atoms with van der Waals surface area (Å²) in [5, 5.41) is 1.42. The van der Waals surface area contributed by atoms with E-state index in [2.05, 4.69) is 65.3 Å². The second-order valence-corrected chi connectivity index (χ2v) is 6.98. The molecule has 2 aliphatic rings. The van der Waals surface area contributed by atoms with Crippen molar-refractivity contribution in [2.75, 3.05) is 33.7 Å². The number of fused-ring (bicyclic) bond motifs is 2. The Bertz CT molecular complexity index is 808. The largest absolute Gasteiger partial charge is 0.361 e. The first-order valence-electron chi connectivity index (χ1n) is 8.30. The Morgan fingerprint density at radius 1 is 1.43 bits per heavy atom. The second-order valence-electron chi connectivity index (χ2n) is 6.98. The Kier molecular flexibility index (Phi) is 3.52. The number of likely N-dealkylation sites (N-methyl/N-ethyl adjacent to an activating group) is 1. The van der Waals surface area contributed by atoms with E-state index in [1.807, 2.05) is 0 Å². The zero-order valence-corrected chi connectivity index (χ0v) is 13.8. The highest BCUT2D eigenvalue weighted by molar-refractivity contribution is 5.98. The van der Waals surface area contributed by atoms with E-state index < -0.39 is 0 Å². The van der Waals surface area contributed by atoms with Crippen molar-refractivity contribution in [2.45, 2.75) is 12.5 Å². The number of nitrogens with zero attached hydrogens (tertiary/aromatic N) is 2. The van der Waals surface area contributed by atoms with Crippen molar-refractivity contribution >= 4 is 16.5 Å². The van der Waals surface area contributed by atoms with Gasteiger partial charge in [-0.25, -0.2) is 0 Å².